The van der Waals surface area contributed by atoms with Crippen LogP contribution < -0.4 is 10.6 Å². The SMILES string of the molecule is Cc1cccc(C2(C(=O)NC3CCNC3)CCCCC2)c1.Cl. The van der Waals surface area contributed by atoms with E-state index >= 15 is 0 Å². The molecular formula is C18H27ClN2O. The third kappa shape index (κ3) is 3.47. The molecule has 1 saturated carbocycles. The Morgan fingerprint density at radius 1 is 1.27 bits per heavy atom. The van der Waals surface area contributed by atoms with Crippen molar-refractivity contribution in [1.82, 2.24) is 10.6 Å². The maximum atomic E-state index is 13.0. The molecule has 1 heterocycles. The molecule has 0 bridgehead atoms. The summed E-state index contributed by atoms with van der Waals surface area (Å²) in [5.74, 6) is 0.251. The number of aryl methyl sites for hydroxylation is 1. The first-order valence-electron chi connectivity index (χ1n) is 8.29. The first kappa shape index (κ1) is 17.3. The summed E-state index contributed by atoms with van der Waals surface area (Å²) < 4.78 is 0. The van der Waals surface area contributed by atoms with Crippen LogP contribution in [0.15, 0.2) is 24.3 Å². The number of rotatable bonds is 3. The standard InChI is InChI=1S/C18H26N2O.ClH/c1-14-6-5-7-15(12-14)18(9-3-2-4-10-18)17(21)20-16-8-11-19-13-16;/h5-7,12,16,19H,2-4,8-11,13H2,1H3,(H,20,21);1H. The van der Waals surface area contributed by atoms with E-state index in [0.29, 0.717) is 6.04 Å². The fourth-order valence-electron chi connectivity index (χ4n) is 3.85. The predicted octanol–water partition coefficient (Wildman–Crippen LogP) is 3.10. The van der Waals surface area contributed by atoms with Gasteiger partial charge in [0.25, 0.3) is 0 Å². The topological polar surface area (TPSA) is 41.1 Å². The van der Waals surface area contributed by atoms with Crippen molar-refractivity contribution in [3.63, 3.8) is 0 Å². The van der Waals surface area contributed by atoms with Crippen LogP contribution in [0, 0.1) is 6.92 Å². The van der Waals surface area contributed by atoms with Crippen molar-refractivity contribution < 1.29 is 4.79 Å². The second-order valence-electron chi connectivity index (χ2n) is 6.68. The molecule has 0 radical (unpaired) electrons. The summed E-state index contributed by atoms with van der Waals surface area (Å²) in [7, 11) is 0. The lowest BCUT2D eigenvalue weighted by Gasteiger charge is -2.37. The molecule has 1 aliphatic heterocycles. The molecular weight excluding hydrogens is 296 g/mol. The normalized spacial score (nSPS) is 23.6. The third-order valence-corrected chi connectivity index (χ3v) is 5.11. The van der Waals surface area contributed by atoms with Gasteiger partial charge in [-0.05, 0) is 38.3 Å². The van der Waals surface area contributed by atoms with E-state index in [9.17, 15) is 4.79 Å². The average molecular weight is 323 g/mol. The number of nitrogens with one attached hydrogen (secondary N) is 2. The van der Waals surface area contributed by atoms with Crippen LogP contribution in [0.4, 0.5) is 0 Å². The van der Waals surface area contributed by atoms with Crippen LogP contribution in [0.3, 0.4) is 0 Å². The molecule has 1 amide bonds. The zero-order valence-electron chi connectivity index (χ0n) is 13.4. The predicted molar refractivity (Wildman–Crippen MR) is 92.6 cm³/mol. The highest BCUT2D eigenvalue weighted by atomic mass is 35.5. The molecule has 4 heteroatoms. The molecule has 1 unspecified atom stereocenters. The number of amides is 1. The smallest absolute Gasteiger partial charge is 0.230 e. The molecule has 1 aromatic rings. The molecule has 3 nitrogen and oxygen atoms in total. The monoisotopic (exact) mass is 322 g/mol. The van der Waals surface area contributed by atoms with Crippen LogP contribution in [-0.2, 0) is 10.2 Å². The van der Waals surface area contributed by atoms with Crippen LogP contribution in [-0.4, -0.2) is 25.0 Å². The van der Waals surface area contributed by atoms with Crippen LogP contribution >= 0.6 is 12.4 Å². The first-order chi connectivity index (χ1) is 10.2. The van der Waals surface area contributed by atoms with Gasteiger partial charge in [0.05, 0.1) is 5.41 Å². The van der Waals surface area contributed by atoms with E-state index in [1.807, 2.05) is 0 Å². The van der Waals surface area contributed by atoms with E-state index in [2.05, 4.69) is 41.8 Å². The average Bonchev–Trinajstić information content (AvgIpc) is 3.01. The zero-order chi connectivity index (χ0) is 14.7. The lowest BCUT2D eigenvalue weighted by Crippen LogP contribution is -2.49. The van der Waals surface area contributed by atoms with Gasteiger partial charge in [-0.25, -0.2) is 0 Å². The van der Waals surface area contributed by atoms with Crippen LogP contribution in [0.5, 0.6) is 0 Å². The van der Waals surface area contributed by atoms with Gasteiger partial charge in [-0.3, -0.25) is 4.79 Å². The van der Waals surface area contributed by atoms with E-state index in [-0.39, 0.29) is 23.7 Å². The molecule has 0 spiro atoms. The van der Waals surface area contributed by atoms with Gasteiger partial charge < -0.3 is 10.6 Å². The number of hydrogen-bond acceptors (Lipinski definition) is 2. The number of carbonyl (C=O) groups excluding carboxylic acids is 1. The van der Waals surface area contributed by atoms with Gasteiger partial charge in [0.15, 0.2) is 0 Å². The molecule has 22 heavy (non-hydrogen) atoms. The van der Waals surface area contributed by atoms with Gasteiger partial charge in [0.2, 0.25) is 5.91 Å². The minimum Gasteiger partial charge on any atom is -0.351 e. The summed E-state index contributed by atoms with van der Waals surface area (Å²) in [4.78, 5) is 13.0. The van der Waals surface area contributed by atoms with Crippen molar-refractivity contribution in [2.45, 2.75) is 56.9 Å². The number of benzene rings is 1. The molecule has 1 saturated heterocycles. The highest BCUT2D eigenvalue weighted by Crippen LogP contribution is 2.40. The van der Waals surface area contributed by atoms with Crippen molar-refractivity contribution in [2.75, 3.05) is 13.1 Å². The highest BCUT2D eigenvalue weighted by molar-refractivity contribution is 5.88. The Morgan fingerprint density at radius 3 is 2.68 bits per heavy atom. The van der Waals surface area contributed by atoms with Gasteiger partial charge in [-0.15, -0.1) is 12.4 Å². The van der Waals surface area contributed by atoms with Gasteiger partial charge in [-0.2, -0.15) is 0 Å². The fraction of sp³-hybridized carbons (Fsp3) is 0.611. The van der Waals surface area contributed by atoms with Crippen LogP contribution in [0.1, 0.15) is 49.7 Å². The van der Waals surface area contributed by atoms with Gasteiger partial charge >= 0.3 is 0 Å². The fourth-order valence-corrected chi connectivity index (χ4v) is 3.85. The van der Waals surface area contributed by atoms with Crippen molar-refractivity contribution >= 4 is 18.3 Å². The number of carbonyl (C=O) groups is 1. The van der Waals surface area contributed by atoms with Gasteiger partial charge in [-0.1, -0.05) is 49.1 Å². The van der Waals surface area contributed by atoms with Crippen molar-refractivity contribution in [1.29, 1.82) is 0 Å². The van der Waals surface area contributed by atoms with Crippen molar-refractivity contribution in [3.05, 3.63) is 35.4 Å². The largest absolute Gasteiger partial charge is 0.351 e. The molecule has 2 N–H and O–H groups in total. The quantitative estimate of drug-likeness (QED) is 0.898. The maximum absolute atomic E-state index is 13.0. The Morgan fingerprint density at radius 2 is 2.05 bits per heavy atom. The summed E-state index contributed by atoms with van der Waals surface area (Å²) in [6.45, 7) is 4.04. The number of halogens is 1. The first-order valence-corrected chi connectivity index (χ1v) is 8.29. The Balaban J connectivity index is 0.00000176. The molecule has 122 valence electrons. The van der Waals surface area contributed by atoms with E-state index < -0.39 is 0 Å². The summed E-state index contributed by atoms with van der Waals surface area (Å²) in [6, 6.07) is 8.86. The third-order valence-electron chi connectivity index (χ3n) is 5.11. The molecule has 2 fully saturated rings. The van der Waals surface area contributed by atoms with Gasteiger partial charge in [0.1, 0.15) is 0 Å². The Hall–Kier alpha value is -1.06. The maximum Gasteiger partial charge on any atom is 0.230 e. The molecule has 1 aromatic carbocycles. The van der Waals surface area contributed by atoms with Crippen LogP contribution in [0.2, 0.25) is 0 Å². The second-order valence-corrected chi connectivity index (χ2v) is 6.68. The lowest BCUT2D eigenvalue weighted by molar-refractivity contribution is -0.128. The van der Waals surface area contributed by atoms with E-state index in [1.165, 1.54) is 17.5 Å². The highest BCUT2D eigenvalue weighted by Gasteiger charge is 2.41. The lowest BCUT2D eigenvalue weighted by atomic mass is 9.68. The Kier molecular flexibility index (Phi) is 5.87. The molecule has 1 atom stereocenters. The van der Waals surface area contributed by atoms with Gasteiger partial charge in [0, 0.05) is 12.6 Å². The van der Waals surface area contributed by atoms with E-state index in [1.54, 1.807) is 0 Å². The summed E-state index contributed by atoms with van der Waals surface area (Å²) in [5, 5.41) is 6.63. The zero-order valence-corrected chi connectivity index (χ0v) is 14.2. The molecule has 0 aromatic heterocycles. The van der Waals surface area contributed by atoms with Crippen LogP contribution in [0.25, 0.3) is 0 Å². The van der Waals surface area contributed by atoms with Crippen molar-refractivity contribution in [3.8, 4) is 0 Å². The number of hydrogen-bond donors (Lipinski definition) is 2. The van der Waals surface area contributed by atoms with Crippen molar-refractivity contribution in [2.24, 2.45) is 0 Å². The second kappa shape index (κ2) is 7.47. The molecule has 1 aliphatic carbocycles. The molecule has 2 aliphatic rings. The minimum atomic E-state index is -0.299. The Labute approximate surface area is 139 Å². The molecule has 3 rings (SSSR count). The van der Waals surface area contributed by atoms with E-state index in [0.717, 1.165) is 45.2 Å². The Bertz CT molecular complexity index is 506. The summed E-state index contributed by atoms with van der Waals surface area (Å²) >= 11 is 0. The summed E-state index contributed by atoms with van der Waals surface area (Å²) in [6.07, 6.45) is 6.60. The minimum absolute atomic E-state index is 0. The summed E-state index contributed by atoms with van der Waals surface area (Å²) in [5.41, 5.74) is 2.16. The van der Waals surface area contributed by atoms with E-state index in [4.69, 9.17) is 0 Å².